The number of hydrogen-bond acceptors (Lipinski definition) is 4. The molecule has 1 saturated heterocycles. The highest BCUT2D eigenvalue weighted by Gasteiger charge is 2.25. The molecule has 2 N–H and O–H groups in total. The third-order valence-electron chi connectivity index (χ3n) is 2.86. The number of likely N-dealkylation sites (N-methyl/N-ethyl adjacent to an activating group) is 1. The summed E-state index contributed by atoms with van der Waals surface area (Å²) in [4.78, 5) is 13.8. The summed E-state index contributed by atoms with van der Waals surface area (Å²) in [5, 5.41) is 6.56. The highest BCUT2D eigenvalue weighted by atomic mass is 16.5. The Kier molecular flexibility index (Phi) is 5.73. The van der Waals surface area contributed by atoms with E-state index in [-0.39, 0.29) is 11.9 Å². The van der Waals surface area contributed by atoms with E-state index in [4.69, 9.17) is 4.74 Å². The van der Waals surface area contributed by atoms with Crippen LogP contribution in [-0.4, -0.2) is 63.3 Å². The Hall–Kier alpha value is -0.650. The van der Waals surface area contributed by atoms with E-state index < -0.39 is 0 Å². The summed E-state index contributed by atoms with van der Waals surface area (Å²) in [6.07, 6.45) is 0.884. The summed E-state index contributed by atoms with van der Waals surface area (Å²) in [5.41, 5.74) is 0. The average molecular weight is 229 g/mol. The minimum absolute atomic E-state index is 0.0799. The number of carbonyl (C=O) groups is 1. The molecule has 2 unspecified atom stereocenters. The van der Waals surface area contributed by atoms with Gasteiger partial charge in [-0.2, -0.15) is 0 Å². The van der Waals surface area contributed by atoms with Crippen molar-refractivity contribution in [3.05, 3.63) is 0 Å². The van der Waals surface area contributed by atoms with Gasteiger partial charge in [-0.15, -0.1) is 0 Å². The number of carbonyl (C=O) groups excluding carboxylic acids is 1. The lowest BCUT2D eigenvalue weighted by molar-refractivity contribution is -0.132. The first-order valence-corrected chi connectivity index (χ1v) is 5.86. The second kappa shape index (κ2) is 6.83. The van der Waals surface area contributed by atoms with E-state index in [9.17, 15) is 4.79 Å². The molecule has 1 aliphatic heterocycles. The number of piperazine rings is 1. The van der Waals surface area contributed by atoms with Gasteiger partial charge in [0.1, 0.15) is 0 Å². The first kappa shape index (κ1) is 13.4. The zero-order chi connectivity index (χ0) is 12.0. The Labute approximate surface area is 97.5 Å². The van der Waals surface area contributed by atoms with Crippen molar-refractivity contribution in [2.24, 2.45) is 0 Å². The van der Waals surface area contributed by atoms with Gasteiger partial charge in [0.25, 0.3) is 0 Å². The molecule has 1 heterocycles. The minimum Gasteiger partial charge on any atom is -0.385 e. The molecule has 5 heteroatoms. The molecule has 0 aliphatic carbocycles. The van der Waals surface area contributed by atoms with Gasteiger partial charge in [0.15, 0.2) is 0 Å². The molecule has 0 spiro atoms. The largest absolute Gasteiger partial charge is 0.385 e. The summed E-state index contributed by atoms with van der Waals surface area (Å²) in [6, 6.07) is 0.367. The number of amides is 1. The molecule has 0 saturated carbocycles. The molecule has 16 heavy (non-hydrogen) atoms. The van der Waals surface area contributed by atoms with Crippen LogP contribution in [0.5, 0.6) is 0 Å². The predicted octanol–water partition coefficient (Wildman–Crippen LogP) is -0.569. The smallest absolute Gasteiger partial charge is 0.240 e. The molecule has 0 aromatic heterocycles. The number of nitrogens with one attached hydrogen (secondary N) is 2. The molecule has 0 bridgehead atoms. The molecule has 0 aromatic carbocycles. The van der Waals surface area contributed by atoms with Crippen LogP contribution in [0.2, 0.25) is 0 Å². The zero-order valence-electron chi connectivity index (χ0n) is 10.5. The van der Waals surface area contributed by atoms with E-state index in [0.29, 0.717) is 19.2 Å². The summed E-state index contributed by atoms with van der Waals surface area (Å²) in [7, 11) is 3.52. The summed E-state index contributed by atoms with van der Waals surface area (Å²) >= 11 is 0. The molecule has 1 rings (SSSR count). The summed E-state index contributed by atoms with van der Waals surface area (Å²) in [6.45, 7) is 5.12. The van der Waals surface area contributed by atoms with Crippen LogP contribution in [0, 0.1) is 0 Å². The van der Waals surface area contributed by atoms with Crippen LogP contribution in [-0.2, 0) is 9.53 Å². The topological polar surface area (TPSA) is 53.6 Å². The fourth-order valence-electron chi connectivity index (χ4n) is 1.78. The zero-order valence-corrected chi connectivity index (χ0v) is 10.5. The van der Waals surface area contributed by atoms with Crippen LogP contribution in [0.25, 0.3) is 0 Å². The lowest BCUT2D eigenvalue weighted by Crippen LogP contribution is -2.59. The van der Waals surface area contributed by atoms with E-state index in [1.54, 1.807) is 12.0 Å². The second-order valence-electron chi connectivity index (χ2n) is 4.38. The predicted molar refractivity (Wildman–Crippen MR) is 63.4 cm³/mol. The number of rotatable bonds is 5. The van der Waals surface area contributed by atoms with Crippen LogP contribution in [0.1, 0.15) is 13.3 Å². The maximum atomic E-state index is 12.0. The fourth-order valence-corrected chi connectivity index (χ4v) is 1.78. The monoisotopic (exact) mass is 229 g/mol. The third-order valence-corrected chi connectivity index (χ3v) is 2.86. The van der Waals surface area contributed by atoms with Crippen molar-refractivity contribution in [3.63, 3.8) is 0 Å². The van der Waals surface area contributed by atoms with E-state index >= 15 is 0 Å². The molecule has 2 atom stereocenters. The first-order chi connectivity index (χ1) is 7.65. The van der Waals surface area contributed by atoms with E-state index in [0.717, 1.165) is 19.5 Å². The number of hydrogen-bond donors (Lipinski definition) is 2. The van der Waals surface area contributed by atoms with Crippen molar-refractivity contribution < 1.29 is 9.53 Å². The lowest BCUT2D eigenvalue weighted by atomic mass is 10.1. The van der Waals surface area contributed by atoms with Crippen molar-refractivity contribution >= 4 is 5.91 Å². The van der Waals surface area contributed by atoms with Gasteiger partial charge in [-0.05, 0) is 13.3 Å². The highest BCUT2D eigenvalue weighted by Crippen LogP contribution is 1.99. The quantitative estimate of drug-likeness (QED) is 0.620. The van der Waals surface area contributed by atoms with E-state index in [1.165, 1.54) is 0 Å². The van der Waals surface area contributed by atoms with Crippen LogP contribution >= 0.6 is 0 Å². The summed E-state index contributed by atoms with van der Waals surface area (Å²) in [5.74, 6) is 0.163. The fraction of sp³-hybridized carbons (Fsp3) is 0.909. The second-order valence-corrected chi connectivity index (χ2v) is 4.38. The highest BCUT2D eigenvalue weighted by molar-refractivity contribution is 5.82. The lowest BCUT2D eigenvalue weighted by Gasteiger charge is -2.31. The Morgan fingerprint density at radius 1 is 1.44 bits per heavy atom. The first-order valence-electron chi connectivity index (χ1n) is 5.86. The standard InChI is InChI=1S/C11H23N3O2/c1-9-7-13-10(8-12-9)11(15)14(2)5-4-6-16-3/h9-10,12-13H,4-8H2,1-3H3. The van der Waals surface area contributed by atoms with Crippen molar-refractivity contribution in [2.75, 3.05) is 40.4 Å². The van der Waals surface area contributed by atoms with Crippen LogP contribution in [0.3, 0.4) is 0 Å². The van der Waals surface area contributed by atoms with Gasteiger partial charge in [0.2, 0.25) is 5.91 Å². The average Bonchev–Trinajstić information content (AvgIpc) is 2.29. The SMILES string of the molecule is COCCCN(C)C(=O)C1CNC(C)CN1. The van der Waals surface area contributed by atoms with Crippen molar-refractivity contribution in [3.8, 4) is 0 Å². The molecule has 1 aliphatic rings. The number of nitrogens with zero attached hydrogens (tertiary/aromatic N) is 1. The van der Waals surface area contributed by atoms with Crippen molar-refractivity contribution in [1.29, 1.82) is 0 Å². The van der Waals surface area contributed by atoms with E-state index in [2.05, 4.69) is 17.6 Å². The number of ether oxygens (including phenoxy) is 1. The van der Waals surface area contributed by atoms with Gasteiger partial charge < -0.3 is 20.3 Å². The van der Waals surface area contributed by atoms with Crippen molar-refractivity contribution in [2.45, 2.75) is 25.4 Å². The van der Waals surface area contributed by atoms with Crippen LogP contribution < -0.4 is 10.6 Å². The van der Waals surface area contributed by atoms with Gasteiger partial charge in [0, 0.05) is 46.4 Å². The molecule has 94 valence electrons. The van der Waals surface area contributed by atoms with Crippen LogP contribution in [0.4, 0.5) is 0 Å². The molecular formula is C11H23N3O2. The molecule has 1 amide bonds. The minimum atomic E-state index is -0.0799. The Balaban J connectivity index is 2.27. The Bertz CT molecular complexity index is 215. The normalized spacial score (nSPS) is 25.4. The van der Waals surface area contributed by atoms with Gasteiger partial charge in [0.05, 0.1) is 6.04 Å². The number of methoxy groups -OCH3 is 1. The van der Waals surface area contributed by atoms with Crippen molar-refractivity contribution in [1.82, 2.24) is 15.5 Å². The molecule has 0 radical (unpaired) electrons. The van der Waals surface area contributed by atoms with Crippen LogP contribution in [0.15, 0.2) is 0 Å². The maximum absolute atomic E-state index is 12.0. The Morgan fingerprint density at radius 2 is 2.19 bits per heavy atom. The molecule has 0 aromatic rings. The van der Waals surface area contributed by atoms with Gasteiger partial charge >= 0.3 is 0 Å². The van der Waals surface area contributed by atoms with Gasteiger partial charge in [-0.3, -0.25) is 4.79 Å². The Morgan fingerprint density at radius 3 is 2.75 bits per heavy atom. The molecular weight excluding hydrogens is 206 g/mol. The third kappa shape index (κ3) is 4.08. The molecule has 1 fully saturated rings. The van der Waals surface area contributed by atoms with Gasteiger partial charge in [-0.1, -0.05) is 0 Å². The maximum Gasteiger partial charge on any atom is 0.240 e. The summed E-state index contributed by atoms with van der Waals surface area (Å²) < 4.78 is 4.97. The molecule has 5 nitrogen and oxygen atoms in total. The van der Waals surface area contributed by atoms with Gasteiger partial charge in [-0.25, -0.2) is 0 Å². The van der Waals surface area contributed by atoms with E-state index in [1.807, 2.05) is 7.05 Å².